The molecule has 1 aromatic carbocycles. The molecular formula is C16H21N5O4S2. The van der Waals surface area contributed by atoms with Gasteiger partial charge in [-0.05, 0) is 48.0 Å². The number of hydrogen-bond donors (Lipinski definition) is 0. The Bertz CT molecular complexity index is 898. The number of carbonyl (C=O) groups is 1. The van der Waals surface area contributed by atoms with Gasteiger partial charge in [0.15, 0.2) is 9.84 Å². The standard InChI is InChI=1S/C16H21N5O4S2/c1-3-20(13-8-9-27(23,24)11-13)15(22)10-26-16-17-18-19-21(16)12-4-6-14(25-2)7-5-12/h4-7,13H,3,8-11H2,1-2H3/t13-/m0/s1. The summed E-state index contributed by atoms with van der Waals surface area (Å²) in [5.41, 5.74) is 0.755. The Hall–Kier alpha value is -2.14. The summed E-state index contributed by atoms with van der Waals surface area (Å²) in [5.74, 6) is 0.932. The van der Waals surface area contributed by atoms with Crippen LogP contribution in [0.5, 0.6) is 5.75 Å². The molecule has 2 heterocycles. The maximum absolute atomic E-state index is 12.6. The Morgan fingerprint density at radius 3 is 2.70 bits per heavy atom. The number of thioether (sulfide) groups is 1. The molecule has 0 spiro atoms. The summed E-state index contributed by atoms with van der Waals surface area (Å²) in [6.07, 6.45) is 0.496. The van der Waals surface area contributed by atoms with Crippen LogP contribution in [0.4, 0.5) is 0 Å². The van der Waals surface area contributed by atoms with Gasteiger partial charge < -0.3 is 9.64 Å². The van der Waals surface area contributed by atoms with Crippen LogP contribution in [0.1, 0.15) is 13.3 Å². The molecule has 1 saturated heterocycles. The summed E-state index contributed by atoms with van der Waals surface area (Å²) in [7, 11) is -1.45. The molecule has 1 atom stereocenters. The smallest absolute Gasteiger partial charge is 0.233 e. The molecule has 0 unspecified atom stereocenters. The predicted molar refractivity (Wildman–Crippen MR) is 101 cm³/mol. The van der Waals surface area contributed by atoms with E-state index in [1.165, 1.54) is 11.8 Å². The van der Waals surface area contributed by atoms with Crippen LogP contribution in [0.25, 0.3) is 5.69 Å². The summed E-state index contributed by atoms with van der Waals surface area (Å²) in [4.78, 5) is 14.3. The van der Waals surface area contributed by atoms with Crippen LogP contribution in [0.15, 0.2) is 29.4 Å². The zero-order valence-electron chi connectivity index (χ0n) is 15.1. The van der Waals surface area contributed by atoms with Crippen LogP contribution in [0.3, 0.4) is 0 Å². The Morgan fingerprint density at radius 2 is 2.11 bits per heavy atom. The van der Waals surface area contributed by atoms with Gasteiger partial charge in [-0.25, -0.2) is 8.42 Å². The van der Waals surface area contributed by atoms with E-state index < -0.39 is 9.84 Å². The minimum absolute atomic E-state index is 0.0425. The van der Waals surface area contributed by atoms with E-state index in [0.29, 0.717) is 18.1 Å². The van der Waals surface area contributed by atoms with Crippen molar-refractivity contribution in [2.45, 2.75) is 24.5 Å². The zero-order chi connectivity index (χ0) is 19.4. The molecule has 0 saturated carbocycles. The Labute approximate surface area is 162 Å². The summed E-state index contributed by atoms with van der Waals surface area (Å²) in [6.45, 7) is 2.33. The number of ether oxygens (including phenoxy) is 1. The molecule has 1 fully saturated rings. The molecule has 0 aliphatic carbocycles. The minimum atomic E-state index is -3.04. The van der Waals surface area contributed by atoms with Crippen molar-refractivity contribution in [2.75, 3.05) is 30.9 Å². The monoisotopic (exact) mass is 411 g/mol. The highest BCUT2D eigenvalue weighted by Crippen LogP contribution is 2.23. The summed E-state index contributed by atoms with van der Waals surface area (Å²) in [5, 5.41) is 12.1. The third kappa shape index (κ3) is 4.59. The highest BCUT2D eigenvalue weighted by molar-refractivity contribution is 7.99. The molecule has 146 valence electrons. The van der Waals surface area contributed by atoms with Crippen LogP contribution >= 0.6 is 11.8 Å². The first-order chi connectivity index (χ1) is 12.9. The fourth-order valence-corrected chi connectivity index (χ4v) is 5.53. The zero-order valence-corrected chi connectivity index (χ0v) is 16.7. The molecule has 0 radical (unpaired) electrons. The van der Waals surface area contributed by atoms with Gasteiger partial charge in [-0.3, -0.25) is 4.79 Å². The third-order valence-electron chi connectivity index (χ3n) is 4.39. The molecule has 27 heavy (non-hydrogen) atoms. The average molecular weight is 412 g/mol. The van der Waals surface area contributed by atoms with Crippen molar-refractivity contribution in [3.8, 4) is 11.4 Å². The second kappa shape index (κ2) is 8.26. The van der Waals surface area contributed by atoms with E-state index in [4.69, 9.17) is 4.74 Å². The molecule has 1 aromatic heterocycles. The third-order valence-corrected chi connectivity index (χ3v) is 7.05. The molecule has 9 nitrogen and oxygen atoms in total. The maximum atomic E-state index is 12.6. The summed E-state index contributed by atoms with van der Waals surface area (Å²) >= 11 is 1.22. The number of aromatic nitrogens is 4. The number of nitrogens with zero attached hydrogens (tertiary/aromatic N) is 5. The normalized spacial score (nSPS) is 18.4. The lowest BCUT2D eigenvalue weighted by Gasteiger charge is -2.26. The number of carbonyl (C=O) groups excluding carboxylic acids is 1. The predicted octanol–water partition coefficient (Wildman–Crippen LogP) is 0.799. The molecule has 0 N–H and O–H groups in total. The molecule has 1 aliphatic heterocycles. The van der Waals surface area contributed by atoms with Crippen molar-refractivity contribution in [3.63, 3.8) is 0 Å². The summed E-state index contributed by atoms with van der Waals surface area (Å²) in [6, 6.07) is 7.00. The fourth-order valence-electron chi connectivity index (χ4n) is 3.02. The van der Waals surface area contributed by atoms with E-state index >= 15 is 0 Å². The van der Waals surface area contributed by atoms with Gasteiger partial charge in [-0.1, -0.05) is 11.8 Å². The topological polar surface area (TPSA) is 107 Å². The van der Waals surface area contributed by atoms with Gasteiger partial charge in [0.2, 0.25) is 11.1 Å². The number of sulfone groups is 1. The largest absolute Gasteiger partial charge is 0.497 e. The quantitative estimate of drug-likeness (QED) is 0.616. The van der Waals surface area contributed by atoms with Crippen LogP contribution in [-0.4, -0.2) is 76.4 Å². The van der Waals surface area contributed by atoms with Crippen molar-refractivity contribution in [2.24, 2.45) is 0 Å². The van der Waals surface area contributed by atoms with Crippen LogP contribution in [-0.2, 0) is 14.6 Å². The minimum Gasteiger partial charge on any atom is -0.497 e. The first-order valence-corrected chi connectivity index (χ1v) is 11.3. The van der Waals surface area contributed by atoms with Crippen molar-refractivity contribution in [1.82, 2.24) is 25.1 Å². The number of rotatable bonds is 7. The molecule has 3 rings (SSSR count). The number of tetrazole rings is 1. The summed E-state index contributed by atoms with van der Waals surface area (Å²) < 4.78 is 30.1. The molecule has 2 aromatic rings. The highest BCUT2D eigenvalue weighted by Gasteiger charge is 2.33. The van der Waals surface area contributed by atoms with Gasteiger partial charge in [0.25, 0.3) is 0 Å². The molecule has 1 amide bonds. The van der Waals surface area contributed by atoms with Gasteiger partial charge in [0.05, 0.1) is 30.1 Å². The first-order valence-electron chi connectivity index (χ1n) is 8.49. The van der Waals surface area contributed by atoms with E-state index in [2.05, 4.69) is 15.5 Å². The SMILES string of the molecule is CCN(C(=O)CSc1nnnn1-c1ccc(OC)cc1)[C@H]1CCS(=O)(=O)C1. The molecule has 0 bridgehead atoms. The number of hydrogen-bond acceptors (Lipinski definition) is 8. The van der Waals surface area contributed by atoms with E-state index in [1.807, 2.05) is 19.1 Å². The van der Waals surface area contributed by atoms with E-state index in [1.54, 1.807) is 28.8 Å². The van der Waals surface area contributed by atoms with Crippen LogP contribution < -0.4 is 4.74 Å². The Morgan fingerprint density at radius 1 is 1.37 bits per heavy atom. The fraction of sp³-hybridized carbons (Fsp3) is 0.500. The second-order valence-corrected chi connectivity index (χ2v) is 9.27. The lowest BCUT2D eigenvalue weighted by atomic mass is 10.2. The van der Waals surface area contributed by atoms with Crippen LogP contribution in [0, 0.1) is 0 Å². The maximum Gasteiger partial charge on any atom is 0.233 e. The lowest BCUT2D eigenvalue weighted by molar-refractivity contribution is -0.129. The van der Waals surface area contributed by atoms with E-state index in [9.17, 15) is 13.2 Å². The van der Waals surface area contributed by atoms with Gasteiger partial charge in [0.1, 0.15) is 5.75 Å². The van der Waals surface area contributed by atoms with Crippen LogP contribution in [0.2, 0.25) is 0 Å². The van der Waals surface area contributed by atoms with Crippen molar-refractivity contribution < 1.29 is 17.9 Å². The number of methoxy groups -OCH3 is 1. The molecule has 11 heteroatoms. The highest BCUT2D eigenvalue weighted by atomic mass is 32.2. The van der Waals surface area contributed by atoms with Crippen molar-refractivity contribution >= 4 is 27.5 Å². The first kappa shape index (κ1) is 19.6. The Balaban J connectivity index is 1.66. The van der Waals surface area contributed by atoms with E-state index in [0.717, 1.165) is 11.4 Å². The van der Waals surface area contributed by atoms with Gasteiger partial charge in [-0.15, -0.1) is 5.10 Å². The van der Waals surface area contributed by atoms with E-state index in [-0.39, 0.29) is 29.2 Å². The van der Waals surface area contributed by atoms with Crippen molar-refractivity contribution in [3.05, 3.63) is 24.3 Å². The lowest BCUT2D eigenvalue weighted by Crippen LogP contribution is -2.42. The average Bonchev–Trinajstić information content (AvgIpc) is 3.27. The Kier molecular flexibility index (Phi) is 6.00. The second-order valence-electron chi connectivity index (χ2n) is 6.10. The molecular weight excluding hydrogens is 390 g/mol. The van der Waals surface area contributed by atoms with Gasteiger partial charge >= 0.3 is 0 Å². The van der Waals surface area contributed by atoms with Crippen molar-refractivity contribution in [1.29, 1.82) is 0 Å². The number of benzene rings is 1. The number of amides is 1. The van der Waals surface area contributed by atoms with Gasteiger partial charge in [0, 0.05) is 12.6 Å². The van der Waals surface area contributed by atoms with Gasteiger partial charge in [-0.2, -0.15) is 4.68 Å². The molecule has 1 aliphatic rings.